The maximum Gasteiger partial charge on any atom is 0.266 e. The molecule has 0 atom stereocenters. The van der Waals surface area contributed by atoms with Crippen LogP contribution in [0.15, 0.2) is 48.5 Å². The van der Waals surface area contributed by atoms with Gasteiger partial charge in [-0.25, -0.2) is 13.2 Å². The second-order valence-electron chi connectivity index (χ2n) is 3.40. The van der Waals surface area contributed by atoms with Crippen LogP contribution in [-0.2, 0) is 0 Å². The van der Waals surface area contributed by atoms with Crippen LogP contribution in [0.2, 0.25) is 0 Å². The van der Waals surface area contributed by atoms with Gasteiger partial charge >= 0.3 is 0 Å². The van der Waals surface area contributed by atoms with Gasteiger partial charge in [-0.3, -0.25) is 0 Å². The maximum atomic E-state index is 13.1. The van der Waals surface area contributed by atoms with Crippen molar-refractivity contribution in [3.63, 3.8) is 0 Å². The van der Waals surface area contributed by atoms with E-state index < -0.39 is 17.8 Å². The molecule has 2 rings (SSSR count). The Labute approximate surface area is 91.4 Å². The van der Waals surface area contributed by atoms with Crippen LogP contribution in [0, 0.1) is 5.82 Å². The molecule has 0 spiro atoms. The molecule has 3 heteroatoms. The predicted octanol–water partition coefficient (Wildman–Crippen LogP) is 4.43. The fourth-order valence-electron chi connectivity index (χ4n) is 1.52. The minimum Gasteiger partial charge on any atom is -0.206 e. The molecular weight excluding hydrogens is 213 g/mol. The Hall–Kier alpha value is -1.77. The molecule has 0 unspecified atom stereocenters. The Morgan fingerprint density at radius 3 is 2.12 bits per heavy atom. The molecule has 0 bridgehead atoms. The van der Waals surface area contributed by atoms with Crippen molar-refractivity contribution in [2.45, 2.75) is 6.43 Å². The molecule has 2 aromatic rings. The van der Waals surface area contributed by atoms with E-state index in [0.29, 0.717) is 5.56 Å². The van der Waals surface area contributed by atoms with Gasteiger partial charge in [0.2, 0.25) is 0 Å². The highest BCUT2D eigenvalue weighted by Gasteiger charge is 2.13. The summed E-state index contributed by atoms with van der Waals surface area (Å²) in [7, 11) is 0. The van der Waals surface area contributed by atoms with Crippen LogP contribution in [0.1, 0.15) is 12.0 Å². The summed E-state index contributed by atoms with van der Waals surface area (Å²) in [6.07, 6.45) is -2.79. The minimum atomic E-state index is -2.79. The van der Waals surface area contributed by atoms with E-state index in [1.165, 1.54) is 12.1 Å². The van der Waals surface area contributed by atoms with Crippen molar-refractivity contribution in [2.24, 2.45) is 0 Å². The van der Waals surface area contributed by atoms with Crippen LogP contribution in [0.5, 0.6) is 0 Å². The fraction of sp³-hybridized carbons (Fsp3) is 0.0769. The monoisotopic (exact) mass is 222 g/mol. The van der Waals surface area contributed by atoms with E-state index in [9.17, 15) is 13.2 Å². The number of hydrogen-bond acceptors (Lipinski definition) is 0. The first-order chi connectivity index (χ1) is 7.68. The van der Waals surface area contributed by atoms with Crippen LogP contribution in [0.25, 0.3) is 11.1 Å². The largest absolute Gasteiger partial charge is 0.266 e. The van der Waals surface area contributed by atoms with Gasteiger partial charge in [-0.15, -0.1) is 0 Å². The van der Waals surface area contributed by atoms with E-state index >= 15 is 0 Å². The maximum absolute atomic E-state index is 13.1. The molecule has 0 aliphatic rings. The molecule has 0 saturated carbocycles. The van der Waals surface area contributed by atoms with Crippen LogP contribution in [-0.4, -0.2) is 0 Å². The molecule has 82 valence electrons. The molecule has 0 fully saturated rings. The smallest absolute Gasteiger partial charge is 0.206 e. The minimum absolute atomic E-state index is 0.554. The van der Waals surface area contributed by atoms with Crippen LogP contribution < -0.4 is 0 Å². The second-order valence-corrected chi connectivity index (χ2v) is 3.40. The Kier molecular flexibility index (Phi) is 2.95. The molecule has 0 aliphatic carbocycles. The van der Waals surface area contributed by atoms with E-state index in [1.54, 1.807) is 24.3 Å². The third-order valence-corrected chi connectivity index (χ3v) is 2.34. The number of rotatable bonds is 2. The van der Waals surface area contributed by atoms with Gasteiger partial charge < -0.3 is 0 Å². The first kappa shape index (κ1) is 10.7. The highest BCUT2D eigenvalue weighted by atomic mass is 19.3. The number of benzene rings is 2. The molecule has 0 saturated heterocycles. The number of halogens is 3. The van der Waals surface area contributed by atoms with Gasteiger partial charge in [0.1, 0.15) is 5.82 Å². The number of hydrogen-bond donors (Lipinski definition) is 0. The van der Waals surface area contributed by atoms with E-state index in [2.05, 4.69) is 0 Å². The van der Waals surface area contributed by atoms with E-state index in [0.717, 1.165) is 11.6 Å². The lowest BCUT2D eigenvalue weighted by atomic mass is 10.0. The first-order valence-electron chi connectivity index (χ1n) is 4.81. The molecule has 0 N–H and O–H groups in total. The lowest BCUT2D eigenvalue weighted by Gasteiger charge is -2.06. The quantitative estimate of drug-likeness (QED) is 0.705. The lowest BCUT2D eigenvalue weighted by molar-refractivity contribution is 0.146. The van der Waals surface area contributed by atoms with E-state index in [1.807, 2.05) is 6.07 Å². The van der Waals surface area contributed by atoms with Crippen molar-refractivity contribution >= 4 is 0 Å². The van der Waals surface area contributed by atoms with Crippen molar-refractivity contribution in [2.75, 3.05) is 0 Å². The van der Waals surface area contributed by atoms with Gasteiger partial charge in [-0.05, 0) is 23.3 Å². The molecule has 2 aromatic carbocycles. The molecule has 0 aromatic heterocycles. The van der Waals surface area contributed by atoms with Crippen molar-refractivity contribution in [3.05, 3.63) is 59.9 Å². The van der Waals surface area contributed by atoms with Crippen molar-refractivity contribution in [1.29, 1.82) is 0 Å². The Bertz CT molecular complexity index is 478. The summed E-state index contributed by atoms with van der Waals surface area (Å²) in [6.45, 7) is 0. The summed E-state index contributed by atoms with van der Waals surface area (Å²) in [6, 6.07) is 12.8. The summed E-state index contributed by atoms with van der Waals surface area (Å²) >= 11 is 0. The fourth-order valence-corrected chi connectivity index (χ4v) is 1.52. The molecule has 0 radical (unpaired) electrons. The third kappa shape index (κ3) is 2.08. The topological polar surface area (TPSA) is 0 Å². The van der Waals surface area contributed by atoms with Crippen molar-refractivity contribution in [3.8, 4) is 11.1 Å². The normalized spacial score (nSPS) is 10.8. The van der Waals surface area contributed by atoms with Gasteiger partial charge in [0, 0.05) is 0 Å². The Morgan fingerprint density at radius 1 is 0.812 bits per heavy atom. The summed E-state index contributed by atoms with van der Waals surface area (Å²) in [5.41, 5.74) is 0.836. The number of alkyl halides is 2. The zero-order valence-corrected chi connectivity index (χ0v) is 8.33. The van der Waals surface area contributed by atoms with Gasteiger partial charge in [0.25, 0.3) is 6.43 Å². The van der Waals surface area contributed by atoms with Gasteiger partial charge in [0.15, 0.2) is 0 Å². The van der Waals surface area contributed by atoms with Gasteiger partial charge in [0.05, 0.1) is 5.56 Å². The Morgan fingerprint density at radius 2 is 1.50 bits per heavy atom. The SMILES string of the molecule is Fc1ccc(-c2ccccc2)cc1C(F)F. The van der Waals surface area contributed by atoms with Gasteiger partial charge in [-0.2, -0.15) is 0 Å². The zero-order valence-electron chi connectivity index (χ0n) is 8.33. The van der Waals surface area contributed by atoms with E-state index in [-0.39, 0.29) is 0 Å². The third-order valence-electron chi connectivity index (χ3n) is 2.34. The van der Waals surface area contributed by atoms with Crippen LogP contribution in [0.3, 0.4) is 0 Å². The van der Waals surface area contributed by atoms with Gasteiger partial charge in [-0.1, -0.05) is 36.4 Å². The summed E-state index contributed by atoms with van der Waals surface area (Å²) in [5, 5.41) is 0. The molecule has 0 amide bonds. The van der Waals surface area contributed by atoms with Crippen molar-refractivity contribution in [1.82, 2.24) is 0 Å². The zero-order chi connectivity index (χ0) is 11.5. The molecular formula is C13H9F3. The Balaban J connectivity index is 2.48. The van der Waals surface area contributed by atoms with E-state index in [4.69, 9.17) is 0 Å². The second kappa shape index (κ2) is 4.39. The molecule has 0 aliphatic heterocycles. The lowest BCUT2D eigenvalue weighted by Crippen LogP contribution is -1.91. The molecule has 0 heterocycles. The van der Waals surface area contributed by atoms with Crippen LogP contribution >= 0.6 is 0 Å². The average Bonchev–Trinajstić information content (AvgIpc) is 2.30. The van der Waals surface area contributed by atoms with Crippen molar-refractivity contribution < 1.29 is 13.2 Å². The highest BCUT2D eigenvalue weighted by molar-refractivity contribution is 5.64. The summed E-state index contributed by atoms with van der Waals surface area (Å²) in [4.78, 5) is 0. The average molecular weight is 222 g/mol. The molecule has 0 nitrogen and oxygen atoms in total. The highest BCUT2D eigenvalue weighted by Crippen LogP contribution is 2.27. The summed E-state index contributed by atoms with van der Waals surface area (Å²) in [5.74, 6) is -0.866. The standard InChI is InChI=1S/C13H9F3/c14-12-7-6-10(8-11(12)13(15)16)9-4-2-1-3-5-9/h1-8,13H. The van der Waals surface area contributed by atoms with Crippen LogP contribution in [0.4, 0.5) is 13.2 Å². The predicted molar refractivity (Wildman–Crippen MR) is 56.8 cm³/mol. The first-order valence-corrected chi connectivity index (χ1v) is 4.81. The summed E-state index contributed by atoms with van der Waals surface area (Å²) < 4.78 is 38.0. The molecule has 16 heavy (non-hydrogen) atoms.